The first-order chi connectivity index (χ1) is 13.6. The Hall–Kier alpha value is -3.20. The summed E-state index contributed by atoms with van der Waals surface area (Å²) >= 11 is 0. The molecular formula is C20H22N4O4S. The zero-order valence-corrected chi connectivity index (χ0v) is 17.2. The van der Waals surface area contributed by atoms with Crippen molar-refractivity contribution in [3.8, 4) is 5.69 Å². The van der Waals surface area contributed by atoms with Crippen LogP contribution in [0.1, 0.15) is 28.8 Å². The summed E-state index contributed by atoms with van der Waals surface area (Å²) in [5.74, 6) is -0.320. The Morgan fingerprint density at radius 2 is 1.83 bits per heavy atom. The van der Waals surface area contributed by atoms with E-state index in [-0.39, 0.29) is 22.3 Å². The number of nitrogens with one attached hydrogen (secondary N) is 1. The minimum absolute atomic E-state index is 0.0169. The number of rotatable bonds is 6. The van der Waals surface area contributed by atoms with Gasteiger partial charge in [0.2, 0.25) is 0 Å². The van der Waals surface area contributed by atoms with Gasteiger partial charge in [-0.1, -0.05) is 19.1 Å². The molecule has 0 aliphatic carbocycles. The molecule has 3 aromatic rings. The standard InChI is InChI=1S/C20H22N4O4S/c1-14(15-4-7-18(8-5-15)29(3,27)28)10-21-20(26)16-6-9-19(25)24(12-16)17-11-22-23(2)13-17/h4-9,11-14H,10H2,1-3H3,(H,21,26). The molecule has 9 heteroatoms. The van der Waals surface area contributed by atoms with Crippen LogP contribution in [0.25, 0.3) is 5.69 Å². The SMILES string of the molecule is CC(CNC(=O)c1ccc(=O)n(-c2cnn(C)c2)c1)c1ccc(S(C)(=O)=O)cc1. The average molecular weight is 414 g/mol. The lowest BCUT2D eigenvalue weighted by molar-refractivity contribution is 0.0951. The number of carbonyl (C=O) groups excluding carboxylic acids is 1. The zero-order valence-electron chi connectivity index (χ0n) is 16.4. The smallest absolute Gasteiger partial charge is 0.255 e. The molecule has 0 saturated carbocycles. The third-order valence-electron chi connectivity index (χ3n) is 4.59. The average Bonchev–Trinajstić information content (AvgIpc) is 3.11. The number of aryl methyl sites for hydroxylation is 1. The van der Waals surface area contributed by atoms with Gasteiger partial charge in [-0.25, -0.2) is 8.42 Å². The maximum atomic E-state index is 12.5. The molecule has 29 heavy (non-hydrogen) atoms. The molecule has 2 aromatic heterocycles. The lowest BCUT2D eigenvalue weighted by Crippen LogP contribution is -2.29. The summed E-state index contributed by atoms with van der Waals surface area (Å²) in [7, 11) is -1.49. The topological polar surface area (TPSA) is 103 Å². The van der Waals surface area contributed by atoms with Gasteiger partial charge in [0.05, 0.1) is 22.3 Å². The van der Waals surface area contributed by atoms with Crippen molar-refractivity contribution in [2.24, 2.45) is 7.05 Å². The molecule has 2 heterocycles. The largest absolute Gasteiger partial charge is 0.351 e. The first kappa shape index (κ1) is 20.5. The van der Waals surface area contributed by atoms with Crippen molar-refractivity contribution in [1.82, 2.24) is 19.7 Å². The van der Waals surface area contributed by atoms with Crippen molar-refractivity contribution in [1.29, 1.82) is 0 Å². The van der Waals surface area contributed by atoms with Crippen molar-refractivity contribution >= 4 is 15.7 Å². The molecule has 1 amide bonds. The Morgan fingerprint density at radius 1 is 1.14 bits per heavy atom. The number of hydrogen-bond acceptors (Lipinski definition) is 5. The molecule has 0 fully saturated rings. The van der Waals surface area contributed by atoms with Gasteiger partial charge in [0.1, 0.15) is 0 Å². The van der Waals surface area contributed by atoms with Gasteiger partial charge in [-0.2, -0.15) is 5.10 Å². The molecular weight excluding hydrogens is 392 g/mol. The number of aromatic nitrogens is 3. The second kappa shape index (κ2) is 8.04. The third-order valence-corrected chi connectivity index (χ3v) is 5.72. The summed E-state index contributed by atoms with van der Waals surface area (Å²) in [6.45, 7) is 2.30. The van der Waals surface area contributed by atoms with E-state index in [1.807, 2.05) is 6.92 Å². The van der Waals surface area contributed by atoms with Crippen molar-refractivity contribution in [2.45, 2.75) is 17.7 Å². The molecule has 1 aromatic carbocycles. The van der Waals surface area contributed by atoms with Crippen LogP contribution in [0, 0.1) is 0 Å². The van der Waals surface area contributed by atoms with Crippen LogP contribution in [-0.4, -0.2) is 41.5 Å². The van der Waals surface area contributed by atoms with Crippen LogP contribution in [0.15, 0.2) is 64.7 Å². The normalized spacial score (nSPS) is 12.5. The number of pyridine rings is 1. The van der Waals surface area contributed by atoms with E-state index in [2.05, 4.69) is 10.4 Å². The molecule has 0 saturated heterocycles. The molecule has 0 bridgehead atoms. The van der Waals surface area contributed by atoms with Gasteiger partial charge < -0.3 is 5.32 Å². The van der Waals surface area contributed by atoms with Gasteiger partial charge in [0, 0.05) is 38.3 Å². The minimum Gasteiger partial charge on any atom is -0.351 e. The number of carbonyl (C=O) groups is 1. The van der Waals surface area contributed by atoms with Crippen molar-refractivity contribution < 1.29 is 13.2 Å². The Kier molecular flexibility index (Phi) is 5.69. The highest BCUT2D eigenvalue weighted by molar-refractivity contribution is 7.90. The van der Waals surface area contributed by atoms with Crippen molar-refractivity contribution in [3.05, 3.63) is 76.5 Å². The summed E-state index contributed by atoms with van der Waals surface area (Å²) in [5.41, 5.74) is 1.59. The van der Waals surface area contributed by atoms with Gasteiger partial charge >= 0.3 is 0 Å². The molecule has 1 unspecified atom stereocenters. The van der Waals surface area contributed by atoms with Gasteiger partial charge in [-0.05, 0) is 29.7 Å². The third kappa shape index (κ3) is 4.80. The van der Waals surface area contributed by atoms with Gasteiger partial charge in [-0.15, -0.1) is 0 Å². The summed E-state index contributed by atoms with van der Waals surface area (Å²) in [6, 6.07) is 9.44. The van der Waals surface area contributed by atoms with Crippen LogP contribution < -0.4 is 10.9 Å². The van der Waals surface area contributed by atoms with Gasteiger partial charge in [0.15, 0.2) is 9.84 Å². The van der Waals surface area contributed by atoms with Crippen LogP contribution in [0.4, 0.5) is 0 Å². The number of nitrogens with zero attached hydrogens (tertiary/aromatic N) is 3. The van der Waals surface area contributed by atoms with Crippen LogP contribution in [0.3, 0.4) is 0 Å². The monoisotopic (exact) mass is 414 g/mol. The van der Waals surface area contributed by atoms with E-state index >= 15 is 0 Å². The predicted octanol–water partition coefficient (Wildman–Crippen LogP) is 1.51. The lowest BCUT2D eigenvalue weighted by atomic mass is 10.0. The fourth-order valence-corrected chi connectivity index (χ4v) is 3.50. The summed E-state index contributed by atoms with van der Waals surface area (Å²) < 4.78 is 26.1. The fourth-order valence-electron chi connectivity index (χ4n) is 2.87. The number of sulfone groups is 1. The molecule has 152 valence electrons. The molecule has 8 nitrogen and oxygen atoms in total. The lowest BCUT2D eigenvalue weighted by Gasteiger charge is -2.14. The molecule has 0 aliphatic rings. The molecule has 1 N–H and O–H groups in total. The van der Waals surface area contributed by atoms with E-state index in [1.165, 1.54) is 22.9 Å². The van der Waals surface area contributed by atoms with Gasteiger partial charge in [0.25, 0.3) is 11.5 Å². The maximum absolute atomic E-state index is 12.5. The van der Waals surface area contributed by atoms with E-state index in [9.17, 15) is 18.0 Å². The van der Waals surface area contributed by atoms with E-state index in [4.69, 9.17) is 0 Å². The fraction of sp³-hybridized carbons (Fsp3) is 0.250. The highest BCUT2D eigenvalue weighted by Gasteiger charge is 2.13. The number of benzene rings is 1. The molecule has 1 atom stereocenters. The second-order valence-corrected chi connectivity index (χ2v) is 8.97. The van der Waals surface area contributed by atoms with Crippen LogP contribution >= 0.6 is 0 Å². The minimum atomic E-state index is -3.24. The first-order valence-corrected chi connectivity index (χ1v) is 10.8. The predicted molar refractivity (Wildman–Crippen MR) is 109 cm³/mol. The van der Waals surface area contributed by atoms with Crippen molar-refractivity contribution in [3.63, 3.8) is 0 Å². The summed E-state index contributed by atoms with van der Waals surface area (Å²) in [6.07, 6.45) is 5.88. The Labute approximate surface area is 168 Å². The zero-order chi connectivity index (χ0) is 21.2. The van der Waals surface area contributed by atoms with Crippen LogP contribution in [0.2, 0.25) is 0 Å². The van der Waals surface area contributed by atoms with E-state index < -0.39 is 9.84 Å². The highest BCUT2D eigenvalue weighted by Crippen LogP contribution is 2.17. The molecule has 0 radical (unpaired) electrons. The highest BCUT2D eigenvalue weighted by atomic mass is 32.2. The Bertz CT molecular complexity index is 1190. The maximum Gasteiger partial charge on any atom is 0.255 e. The Balaban J connectivity index is 1.70. The van der Waals surface area contributed by atoms with E-state index in [1.54, 1.807) is 48.4 Å². The quantitative estimate of drug-likeness (QED) is 0.659. The number of hydrogen-bond donors (Lipinski definition) is 1. The van der Waals surface area contributed by atoms with E-state index in [0.29, 0.717) is 17.8 Å². The Morgan fingerprint density at radius 3 is 2.41 bits per heavy atom. The van der Waals surface area contributed by atoms with Gasteiger partial charge in [-0.3, -0.25) is 18.8 Å². The molecule has 0 aliphatic heterocycles. The second-order valence-electron chi connectivity index (χ2n) is 6.95. The molecule has 0 spiro atoms. The summed E-state index contributed by atoms with van der Waals surface area (Å²) in [4.78, 5) is 24.9. The molecule has 3 rings (SSSR count). The van der Waals surface area contributed by atoms with Crippen LogP contribution in [0.5, 0.6) is 0 Å². The van der Waals surface area contributed by atoms with E-state index in [0.717, 1.165) is 11.8 Å². The number of amides is 1. The first-order valence-electron chi connectivity index (χ1n) is 8.95. The van der Waals surface area contributed by atoms with Crippen LogP contribution in [-0.2, 0) is 16.9 Å². The van der Waals surface area contributed by atoms with Crippen molar-refractivity contribution in [2.75, 3.05) is 12.8 Å². The summed E-state index contributed by atoms with van der Waals surface area (Å²) in [5, 5.41) is 6.89.